The summed E-state index contributed by atoms with van der Waals surface area (Å²) in [5.74, 6) is 0.356. The molecule has 0 amide bonds. The van der Waals surface area contributed by atoms with Gasteiger partial charge in [-0.25, -0.2) is 0 Å². The maximum Gasteiger partial charge on any atom is 0.500 e. The van der Waals surface area contributed by atoms with Crippen molar-refractivity contribution in [2.75, 3.05) is 20.3 Å². The molecule has 0 aliphatic rings. The Morgan fingerprint density at radius 3 is 2.06 bits per heavy atom. The van der Waals surface area contributed by atoms with Gasteiger partial charge < -0.3 is 13.3 Å². The lowest BCUT2D eigenvalue weighted by Crippen LogP contribution is -2.44. The molecule has 0 unspecified atom stereocenters. The second kappa shape index (κ2) is 10.7. The van der Waals surface area contributed by atoms with Crippen molar-refractivity contribution < 1.29 is 18.1 Å². The first kappa shape index (κ1) is 17.8. The second-order valence-electron chi connectivity index (χ2n) is 4.25. The van der Waals surface area contributed by atoms with Gasteiger partial charge in [-0.3, -0.25) is 4.79 Å². The normalized spacial score (nSPS) is 11.8. The van der Waals surface area contributed by atoms with Crippen LogP contribution in [0.5, 0.6) is 0 Å². The lowest BCUT2D eigenvalue weighted by Gasteiger charge is -2.27. The Morgan fingerprint density at radius 2 is 1.61 bits per heavy atom. The van der Waals surface area contributed by atoms with Crippen LogP contribution >= 0.6 is 0 Å². The van der Waals surface area contributed by atoms with Gasteiger partial charge >= 0.3 is 8.80 Å². The quantitative estimate of drug-likeness (QED) is 0.406. The molecule has 0 bridgehead atoms. The molecule has 0 saturated heterocycles. The summed E-state index contributed by atoms with van der Waals surface area (Å²) >= 11 is 0. The molecule has 0 atom stereocenters. The molecule has 0 spiro atoms. The molecular weight excluding hydrogens is 248 g/mol. The second-order valence-corrected chi connectivity index (χ2v) is 7.10. The largest absolute Gasteiger partial charge is 0.500 e. The van der Waals surface area contributed by atoms with E-state index in [4.69, 9.17) is 13.3 Å². The molecule has 0 aliphatic heterocycles. The van der Waals surface area contributed by atoms with E-state index in [0.29, 0.717) is 31.8 Å². The zero-order valence-corrected chi connectivity index (χ0v) is 13.3. The van der Waals surface area contributed by atoms with Crippen LogP contribution in [0.1, 0.15) is 52.9 Å². The van der Waals surface area contributed by atoms with Crippen molar-refractivity contribution in [2.24, 2.45) is 0 Å². The Morgan fingerprint density at radius 1 is 1.00 bits per heavy atom. The number of unbranched alkanes of at least 4 members (excludes halogenated alkanes) is 1. The third-order valence-electron chi connectivity index (χ3n) is 2.76. The molecule has 0 rings (SSSR count). The summed E-state index contributed by atoms with van der Waals surface area (Å²) in [4.78, 5) is 11.4. The predicted molar refractivity (Wildman–Crippen MR) is 74.6 cm³/mol. The van der Waals surface area contributed by atoms with Gasteiger partial charge in [0.15, 0.2) is 0 Å². The minimum atomic E-state index is -2.47. The summed E-state index contributed by atoms with van der Waals surface area (Å²) in [6.07, 6.45) is 4.13. The van der Waals surface area contributed by atoms with Gasteiger partial charge in [-0.15, -0.1) is 0 Å². The Bertz CT molecular complexity index is 215. The van der Waals surface area contributed by atoms with E-state index in [-0.39, 0.29) is 0 Å². The fourth-order valence-electron chi connectivity index (χ4n) is 1.91. The molecule has 0 aromatic rings. The van der Waals surface area contributed by atoms with Crippen LogP contribution in [0.15, 0.2) is 0 Å². The van der Waals surface area contributed by atoms with Crippen molar-refractivity contribution in [1.29, 1.82) is 0 Å². The Balaban J connectivity index is 3.99. The molecule has 108 valence electrons. The smallest absolute Gasteiger partial charge is 0.377 e. The fourth-order valence-corrected chi connectivity index (χ4v) is 4.29. The van der Waals surface area contributed by atoms with Gasteiger partial charge in [0.25, 0.3) is 0 Å². The Kier molecular flexibility index (Phi) is 10.5. The molecule has 0 saturated carbocycles. The number of rotatable bonds is 12. The van der Waals surface area contributed by atoms with Gasteiger partial charge in [0, 0.05) is 39.2 Å². The maximum absolute atomic E-state index is 11.4. The van der Waals surface area contributed by atoms with E-state index in [1.54, 1.807) is 7.11 Å². The van der Waals surface area contributed by atoms with Crippen molar-refractivity contribution in [1.82, 2.24) is 0 Å². The topological polar surface area (TPSA) is 44.8 Å². The highest BCUT2D eigenvalue weighted by molar-refractivity contribution is 6.60. The van der Waals surface area contributed by atoms with E-state index in [2.05, 4.69) is 0 Å². The van der Waals surface area contributed by atoms with E-state index < -0.39 is 8.80 Å². The third-order valence-corrected chi connectivity index (χ3v) is 5.80. The maximum atomic E-state index is 11.4. The molecule has 0 N–H and O–H groups in total. The molecule has 0 aliphatic carbocycles. The summed E-state index contributed by atoms with van der Waals surface area (Å²) in [6, 6.07) is 0.796. The molecule has 0 radical (unpaired) electrons. The van der Waals surface area contributed by atoms with Crippen molar-refractivity contribution in [3.8, 4) is 0 Å². The summed E-state index contributed by atoms with van der Waals surface area (Å²) < 4.78 is 16.8. The first-order valence-corrected chi connectivity index (χ1v) is 8.92. The zero-order valence-electron chi connectivity index (χ0n) is 12.3. The van der Waals surface area contributed by atoms with Crippen LogP contribution in [0, 0.1) is 0 Å². The number of hydrogen-bond acceptors (Lipinski definition) is 4. The predicted octanol–water partition coefficient (Wildman–Crippen LogP) is 3.18. The molecular formula is C13H28O4Si. The number of hydrogen-bond donors (Lipinski definition) is 0. The summed E-state index contributed by atoms with van der Waals surface area (Å²) in [7, 11) is -0.819. The van der Waals surface area contributed by atoms with Gasteiger partial charge in [-0.2, -0.15) is 0 Å². The molecule has 18 heavy (non-hydrogen) atoms. The van der Waals surface area contributed by atoms with Crippen LogP contribution in [0.4, 0.5) is 0 Å². The summed E-state index contributed by atoms with van der Waals surface area (Å²) in [6.45, 7) is 7.14. The Labute approximate surface area is 112 Å². The van der Waals surface area contributed by atoms with Crippen LogP contribution in [0.2, 0.25) is 6.04 Å². The highest BCUT2D eigenvalue weighted by Crippen LogP contribution is 2.19. The van der Waals surface area contributed by atoms with E-state index in [1.165, 1.54) is 0 Å². The van der Waals surface area contributed by atoms with E-state index in [9.17, 15) is 4.79 Å². The minimum Gasteiger partial charge on any atom is -0.377 e. The van der Waals surface area contributed by atoms with Crippen molar-refractivity contribution in [3.63, 3.8) is 0 Å². The highest BCUT2D eigenvalue weighted by Gasteiger charge is 2.38. The lowest BCUT2D eigenvalue weighted by molar-refractivity contribution is -0.119. The number of ketones is 1. The number of Topliss-reactive ketones (excluding diaryl/α,β-unsaturated/α-hetero) is 1. The van der Waals surface area contributed by atoms with Gasteiger partial charge in [0.2, 0.25) is 0 Å². The average molecular weight is 276 g/mol. The average Bonchev–Trinajstić information content (AvgIpc) is 2.35. The molecule has 0 fully saturated rings. The van der Waals surface area contributed by atoms with Crippen molar-refractivity contribution in [3.05, 3.63) is 0 Å². The van der Waals surface area contributed by atoms with Gasteiger partial charge in [0.05, 0.1) is 0 Å². The monoisotopic (exact) mass is 276 g/mol. The first-order valence-electron chi connectivity index (χ1n) is 6.98. The van der Waals surface area contributed by atoms with Crippen LogP contribution in [0.3, 0.4) is 0 Å². The lowest BCUT2D eigenvalue weighted by atomic mass is 10.1. The van der Waals surface area contributed by atoms with Gasteiger partial charge in [-0.05, 0) is 33.1 Å². The van der Waals surface area contributed by atoms with Crippen LogP contribution in [-0.4, -0.2) is 34.9 Å². The minimum absolute atomic E-state index is 0.356. The number of carbonyl (C=O) groups excluding carboxylic acids is 1. The van der Waals surface area contributed by atoms with Crippen LogP contribution in [-0.2, 0) is 18.1 Å². The number of carbonyl (C=O) groups is 1. The van der Waals surface area contributed by atoms with E-state index in [0.717, 1.165) is 25.3 Å². The summed E-state index contributed by atoms with van der Waals surface area (Å²) in [5.41, 5.74) is 0. The van der Waals surface area contributed by atoms with E-state index in [1.807, 2.05) is 20.8 Å². The third kappa shape index (κ3) is 7.26. The van der Waals surface area contributed by atoms with Crippen molar-refractivity contribution >= 4 is 14.6 Å². The standard InChI is InChI=1S/C13H28O4Si/c1-5-10-13(14)11-8-9-12-18(15-4,16-6-2)17-7-3/h5-12H2,1-4H3. The zero-order chi connectivity index (χ0) is 13.9. The van der Waals surface area contributed by atoms with Gasteiger partial charge in [-0.1, -0.05) is 6.92 Å². The molecule has 0 heterocycles. The Hall–Kier alpha value is -0.233. The van der Waals surface area contributed by atoms with Gasteiger partial charge in [0.1, 0.15) is 5.78 Å². The van der Waals surface area contributed by atoms with Crippen LogP contribution < -0.4 is 0 Å². The fraction of sp³-hybridized carbons (Fsp3) is 0.923. The molecule has 5 heteroatoms. The molecule has 0 aromatic heterocycles. The van der Waals surface area contributed by atoms with Crippen LogP contribution in [0.25, 0.3) is 0 Å². The molecule has 0 aromatic carbocycles. The first-order chi connectivity index (χ1) is 8.64. The SMILES string of the molecule is CCCC(=O)CCCC[Si](OC)(OCC)OCC. The summed E-state index contributed by atoms with van der Waals surface area (Å²) in [5, 5.41) is 0. The molecule has 4 nitrogen and oxygen atoms in total. The van der Waals surface area contributed by atoms with E-state index >= 15 is 0 Å². The highest BCUT2D eigenvalue weighted by atomic mass is 28.4. The van der Waals surface area contributed by atoms with Crippen molar-refractivity contribution in [2.45, 2.75) is 58.9 Å².